The average Bonchev–Trinajstić information content (AvgIpc) is 3.31. The van der Waals surface area contributed by atoms with Crippen LogP contribution in [-0.2, 0) is 4.79 Å². The number of pyridine rings is 3. The first-order valence-corrected chi connectivity index (χ1v) is 12.3. The van der Waals surface area contributed by atoms with Crippen molar-refractivity contribution in [2.75, 3.05) is 5.32 Å². The quantitative estimate of drug-likeness (QED) is 0.312. The Balaban J connectivity index is 1.86. The number of nitrogens with zero attached hydrogens (tertiary/aromatic N) is 4. The van der Waals surface area contributed by atoms with Crippen LogP contribution >= 0.6 is 0 Å². The number of amides is 2. The highest BCUT2D eigenvalue weighted by Gasteiger charge is 2.20. The molecule has 0 aliphatic rings. The smallest absolute Gasteiger partial charge is 0.252 e. The summed E-state index contributed by atoms with van der Waals surface area (Å²) < 4.78 is 0. The number of nitrogens with two attached hydrogens (primary N) is 1. The number of hydrogen-bond donors (Lipinski definition) is 3. The molecule has 0 saturated carbocycles. The summed E-state index contributed by atoms with van der Waals surface area (Å²) in [7, 11) is 0. The fraction of sp³-hybridized carbons (Fsp3) is 0.286. The van der Waals surface area contributed by atoms with Crippen LogP contribution in [0.4, 0.5) is 5.69 Å². The number of anilines is 1. The lowest BCUT2D eigenvalue weighted by Gasteiger charge is -2.15. The van der Waals surface area contributed by atoms with Gasteiger partial charge in [-0.25, -0.2) is 4.98 Å². The van der Waals surface area contributed by atoms with E-state index >= 15 is 0 Å². The standard InChI is InChI=1S/C28H31N7O2/c1-6-17(7-2)24(27-34-23-14-31-13-22(26(29)36)25(23)35-27)21-9-19(11-32-16(21)5)18-8-20(12-30-10-18)33-28(37)15(3)4/h8-15H,6-7H2,1-5H3,(H2,29,36)(H,33,37)(H,34,35). The number of fused-ring (bicyclic) bond motifs is 1. The summed E-state index contributed by atoms with van der Waals surface area (Å²) in [5, 5.41) is 2.90. The molecule has 0 spiro atoms. The van der Waals surface area contributed by atoms with Crippen LogP contribution in [0.15, 0.2) is 48.7 Å². The number of primary amides is 1. The van der Waals surface area contributed by atoms with E-state index in [0.717, 1.165) is 40.8 Å². The molecule has 0 bridgehead atoms. The predicted octanol–water partition coefficient (Wildman–Crippen LogP) is 5.04. The van der Waals surface area contributed by atoms with Crippen LogP contribution in [0, 0.1) is 12.8 Å². The SMILES string of the molecule is CCC(CC)=C(c1nc2c(C(N)=O)cncc2[nH]1)c1cc(-c2cncc(NC(=O)C(C)C)c2)cnc1C. The van der Waals surface area contributed by atoms with Gasteiger partial charge in [-0.2, -0.15) is 0 Å². The number of aromatic amines is 1. The van der Waals surface area contributed by atoms with Crippen molar-refractivity contribution >= 4 is 34.1 Å². The van der Waals surface area contributed by atoms with Crippen molar-refractivity contribution in [3.63, 3.8) is 0 Å². The van der Waals surface area contributed by atoms with E-state index in [0.29, 0.717) is 22.5 Å². The van der Waals surface area contributed by atoms with Gasteiger partial charge in [0.15, 0.2) is 0 Å². The van der Waals surface area contributed by atoms with Crippen LogP contribution in [0.5, 0.6) is 0 Å². The van der Waals surface area contributed by atoms with Gasteiger partial charge in [0, 0.05) is 52.5 Å². The van der Waals surface area contributed by atoms with Crippen molar-refractivity contribution in [1.29, 1.82) is 0 Å². The Labute approximate surface area is 215 Å². The van der Waals surface area contributed by atoms with Crippen molar-refractivity contribution in [2.45, 2.75) is 47.5 Å². The monoisotopic (exact) mass is 497 g/mol. The second-order valence-corrected chi connectivity index (χ2v) is 9.18. The molecule has 0 unspecified atom stereocenters. The van der Waals surface area contributed by atoms with Gasteiger partial charge in [0.25, 0.3) is 5.91 Å². The minimum Gasteiger partial charge on any atom is -0.365 e. The number of aromatic nitrogens is 5. The van der Waals surface area contributed by atoms with Gasteiger partial charge in [0.2, 0.25) is 5.91 Å². The van der Waals surface area contributed by atoms with E-state index in [2.05, 4.69) is 40.2 Å². The Kier molecular flexibility index (Phi) is 7.42. The molecule has 0 fully saturated rings. The number of carbonyl (C=O) groups excluding carboxylic acids is 2. The van der Waals surface area contributed by atoms with Crippen molar-refractivity contribution in [3.8, 4) is 11.1 Å². The molecule has 4 N–H and O–H groups in total. The molecule has 0 aliphatic heterocycles. The molecule has 0 saturated heterocycles. The van der Waals surface area contributed by atoms with Gasteiger partial charge in [-0.3, -0.25) is 24.5 Å². The lowest BCUT2D eigenvalue weighted by Crippen LogP contribution is -2.17. The average molecular weight is 498 g/mol. The Bertz CT molecular complexity index is 1510. The normalized spacial score (nSPS) is 11.1. The molecular weight excluding hydrogens is 466 g/mol. The van der Waals surface area contributed by atoms with Gasteiger partial charge in [-0.05, 0) is 31.9 Å². The number of allylic oxidation sites excluding steroid dienone is 1. The molecular formula is C28H31N7O2. The third-order valence-corrected chi connectivity index (χ3v) is 6.32. The Morgan fingerprint density at radius 1 is 0.973 bits per heavy atom. The minimum absolute atomic E-state index is 0.0721. The molecule has 9 nitrogen and oxygen atoms in total. The zero-order valence-electron chi connectivity index (χ0n) is 21.7. The van der Waals surface area contributed by atoms with Gasteiger partial charge >= 0.3 is 0 Å². The minimum atomic E-state index is -0.579. The van der Waals surface area contributed by atoms with Crippen LogP contribution in [0.25, 0.3) is 27.7 Å². The number of nitrogens with one attached hydrogen (secondary N) is 2. The Morgan fingerprint density at radius 3 is 2.35 bits per heavy atom. The number of hydrogen-bond acceptors (Lipinski definition) is 6. The summed E-state index contributed by atoms with van der Waals surface area (Å²) in [6, 6.07) is 3.95. The van der Waals surface area contributed by atoms with Crippen molar-refractivity contribution < 1.29 is 9.59 Å². The van der Waals surface area contributed by atoms with Crippen LogP contribution in [-0.4, -0.2) is 36.7 Å². The lowest BCUT2D eigenvalue weighted by molar-refractivity contribution is -0.118. The van der Waals surface area contributed by atoms with Crippen LogP contribution in [0.1, 0.15) is 68.0 Å². The zero-order chi connectivity index (χ0) is 26.7. The maximum atomic E-state index is 12.2. The summed E-state index contributed by atoms with van der Waals surface area (Å²) in [6.07, 6.45) is 9.87. The first-order chi connectivity index (χ1) is 17.7. The molecule has 4 rings (SSSR count). The van der Waals surface area contributed by atoms with E-state index in [-0.39, 0.29) is 17.4 Å². The molecule has 4 aromatic heterocycles. The molecule has 0 aliphatic carbocycles. The number of rotatable bonds is 8. The summed E-state index contributed by atoms with van der Waals surface area (Å²) in [4.78, 5) is 45.4. The first-order valence-electron chi connectivity index (χ1n) is 12.3. The zero-order valence-corrected chi connectivity index (χ0v) is 21.7. The molecule has 4 heterocycles. The van der Waals surface area contributed by atoms with E-state index in [9.17, 15) is 9.59 Å². The van der Waals surface area contributed by atoms with Crippen molar-refractivity contribution in [3.05, 3.63) is 71.3 Å². The number of carbonyl (C=O) groups is 2. The Morgan fingerprint density at radius 2 is 1.68 bits per heavy atom. The van der Waals surface area contributed by atoms with E-state index < -0.39 is 5.91 Å². The largest absolute Gasteiger partial charge is 0.365 e. The summed E-state index contributed by atoms with van der Waals surface area (Å²) >= 11 is 0. The third kappa shape index (κ3) is 5.25. The fourth-order valence-corrected chi connectivity index (χ4v) is 4.22. The lowest BCUT2D eigenvalue weighted by atomic mass is 9.93. The van der Waals surface area contributed by atoms with Crippen molar-refractivity contribution in [2.24, 2.45) is 11.7 Å². The molecule has 37 heavy (non-hydrogen) atoms. The number of imidazole rings is 1. The van der Waals surface area contributed by atoms with Crippen molar-refractivity contribution in [1.82, 2.24) is 24.9 Å². The van der Waals surface area contributed by atoms with E-state index in [1.54, 1.807) is 24.8 Å². The highest BCUT2D eigenvalue weighted by molar-refractivity contribution is 6.04. The van der Waals surface area contributed by atoms with Gasteiger partial charge in [0.1, 0.15) is 11.3 Å². The second-order valence-electron chi connectivity index (χ2n) is 9.18. The number of H-pyrrole nitrogens is 1. The van der Waals surface area contributed by atoms with Crippen LogP contribution in [0.2, 0.25) is 0 Å². The predicted molar refractivity (Wildman–Crippen MR) is 145 cm³/mol. The molecule has 9 heteroatoms. The molecule has 2 amide bonds. The van der Waals surface area contributed by atoms with E-state index in [1.807, 2.05) is 26.8 Å². The molecule has 4 aromatic rings. The fourth-order valence-electron chi connectivity index (χ4n) is 4.22. The maximum Gasteiger partial charge on any atom is 0.252 e. The van der Waals surface area contributed by atoms with E-state index in [1.165, 1.54) is 11.8 Å². The molecule has 0 atom stereocenters. The summed E-state index contributed by atoms with van der Waals surface area (Å²) in [5.74, 6) is -0.163. The first kappa shape index (κ1) is 25.7. The van der Waals surface area contributed by atoms with Crippen LogP contribution in [0.3, 0.4) is 0 Å². The molecule has 0 aromatic carbocycles. The summed E-state index contributed by atoms with van der Waals surface area (Å²) in [5.41, 5.74) is 13.1. The summed E-state index contributed by atoms with van der Waals surface area (Å²) in [6.45, 7) is 9.86. The molecule has 190 valence electrons. The van der Waals surface area contributed by atoms with Gasteiger partial charge in [-0.1, -0.05) is 33.3 Å². The maximum absolute atomic E-state index is 12.2. The van der Waals surface area contributed by atoms with Gasteiger partial charge in [0.05, 0.1) is 29.2 Å². The third-order valence-electron chi connectivity index (χ3n) is 6.32. The van der Waals surface area contributed by atoms with Crippen LogP contribution < -0.4 is 11.1 Å². The van der Waals surface area contributed by atoms with Gasteiger partial charge in [-0.15, -0.1) is 0 Å². The van der Waals surface area contributed by atoms with E-state index in [4.69, 9.17) is 15.7 Å². The Hall–Kier alpha value is -4.40. The second kappa shape index (κ2) is 10.7. The highest BCUT2D eigenvalue weighted by Crippen LogP contribution is 2.34. The topological polar surface area (TPSA) is 140 Å². The number of aryl methyl sites for hydroxylation is 1. The highest BCUT2D eigenvalue weighted by atomic mass is 16.2. The molecule has 0 radical (unpaired) electrons. The van der Waals surface area contributed by atoms with Gasteiger partial charge < -0.3 is 16.0 Å².